The number of nitrogens with zero attached hydrogens (tertiary/aromatic N) is 3. The highest BCUT2D eigenvalue weighted by Crippen LogP contribution is 2.43. The van der Waals surface area contributed by atoms with Crippen molar-refractivity contribution < 1.29 is 28.4 Å². The van der Waals surface area contributed by atoms with Crippen molar-refractivity contribution >= 4 is 36.1 Å². The normalized spacial score (nSPS) is 27.7. The highest BCUT2D eigenvalue weighted by atomic mass is 16.7. The molecule has 0 radical (unpaired) electrons. The first-order valence-corrected chi connectivity index (χ1v) is 13.9. The molecule has 1 aromatic rings. The standard InChI is InChI=1S/C28H41BN4O6/c1-16-14-32(25(35)37-26(3,4)5)11-10-18(16)19-12-21-22(36-15-23-30-31-24(34)17(2)33(21)23)13-20(19)29-38-27(6,7)28(8,9)39-29/h12-13,16-18H,10-11,14-15H2,1-9H3,(H,31,34)/t16-,17+,18+/m0/s1. The molecule has 2 saturated heterocycles. The Hall–Kier alpha value is -2.79. The third-order valence-corrected chi connectivity index (χ3v) is 8.58. The molecule has 2 amide bonds. The summed E-state index contributed by atoms with van der Waals surface area (Å²) >= 11 is 0. The molecule has 3 atom stereocenters. The van der Waals surface area contributed by atoms with Gasteiger partial charge in [-0.1, -0.05) is 6.92 Å². The number of ether oxygens (including phenoxy) is 2. The van der Waals surface area contributed by atoms with Gasteiger partial charge >= 0.3 is 13.2 Å². The summed E-state index contributed by atoms with van der Waals surface area (Å²) in [5, 5.41) is 4.25. The van der Waals surface area contributed by atoms with E-state index in [1.165, 1.54) is 0 Å². The maximum Gasteiger partial charge on any atom is 0.495 e. The second kappa shape index (κ2) is 9.40. The minimum absolute atomic E-state index is 0.124. The zero-order chi connectivity index (χ0) is 28.5. The Labute approximate surface area is 231 Å². The lowest BCUT2D eigenvalue weighted by atomic mass is 9.69. The Morgan fingerprint density at radius 1 is 1.15 bits per heavy atom. The predicted octanol–water partition coefficient (Wildman–Crippen LogP) is 3.38. The van der Waals surface area contributed by atoms with Crippen LogP contribution in [0.5, 0.6) is 5.75 Å². The van der Waals surface area contributed by atoms with Gasteiger partial charge in [0.15, 0.2) is 5.84 Å². The number of hydrogen-bond donors (Lipinski definition) is 1. The summed E-state index contributed by atoms with van der Waals surface area (Å²) in [6.07, 6.45) is 0.468. The molecule has 0 aliphatic carbocycles. The van der Waals surface area contributed by atoms with E-state index in [1.807, 2.05) is 66.4 Å². The summed E-state index contributed by atoms with van der Waals surface area (Å²) < 4.78 is 24.8. The molecule has 0 bridgehead atoms. The third-order valence-electron chi connectivity index (χ3n) is 8.58. The van der Waals surface area contributed by atoms with Crippen LogP contribution < -0.4 is 20.5 Å². The number of fused-ring (bicyclic) bond motifs is 3. The number of amidine groups is 1. The number of carbonyl (C=O) groups excluding carboxylic acids is 2. The van der Waals surface area contributed by atoms with Crippen LogP contribution in [0.2, 0.25) is 0 Å². The third kappa shape index (κ3) is 4.99. The van der Waals surface area contributed by atoms with Crippen molar-refractivity contribution in [1.82, 2.24) is 10.3 Å². The Kier molecular flexibility index (Phi) is 6.69. The number of nitrogens with one attached hydrogen (secondary N) is 1. The fourth-order valence-corrected chi connectivity index (χ4v) is 5.70. The van der Waals surface area contributed by atoms with Crippen molar-refractivity contribution in [2.45, 2.75) is 97.5 Å². The quantitative estimate of drug-likeness (QED) is 0.574. The van der Waals surface area contributed by atoms with Gasteiger partial charge in [-0.2, -0.15) is 5.10 Å². The Morgan fingerprint density at radius 2 is 1.82 bits per heavy atom. The van der Waals surface area contributed by atoms with Gasteiger partial charge in [0.05, 0.1) is 16.9 Å². The Morgan fingerprint density at radius 3 is 2.44 bits per heavy atom. The molecule has 4 aliphatic heterocycles. The van der Waals surface area contributed by atoms with Crippen LogP contribution in [0.3, 0.4) is 0 Å². The number of rotatable bonds is 2. The van der Waals surface area contributed by atoms with E-state index in [0.29, 0.717) is 24.7 Å². The molecule has 0 saturated carbocycles. The van der Waals surface area contributed by atoms with E-state index in [2.05, 4.69) is 23.5 Å². The summed E-state index contributed by atoms with van der Waals surface area (Å²) in [6, 6.07) is 3.70. The molecule has 0 unspecified atom stereocenters. The first-order chi connectivity index (χ1) is 18.1. The molecule has 5 rings (SSSR count). The van der Waals surface area contributed by atoms with Crippen molar-refractivity contribution in [3.8, 4) is 5.75 Å². The minimum Gasteiger partial charge on any atom is -0.483 e. The van der Waals surface area contributed by atoms with Crippen molar-refractivity contribution in [2.75, 3.05) is 24.6 Å². The summed E-state index contributed by atoms with van der Waals surface area (Å²) in [6.45, 7) is 19.2. The van der Waals surface area contributed by atoms with Gasteiger partial charge in [0.1, 0.15) is 24.0 Å². The zero-order valence-corrected chi connectivity index (χ0v) is 24.6. The molecular formula is C28H41BN4O6. The summed E-state index contributed by atoms with van der Waals surface area (Å²) in [4.78, 5) is 29.1. The molecule has 4 aliphatic rings. The largest absolute Gasteiger partial charge is 0.495 e. The van der Waals surface area contributed by atoms with Gasteiger partial charge in [0.2, 0.25) is 0 Å². The molecule has 0 spiro atoms. The highest BCUT2D eigenvalue weighted by molar-refractivity contribution is 6.62. The van der Waals surface area contributed by atoms with Gasteiger partial charge < -0.3 is 28.6 Å². The molecule has 2 fully saturated rings. The van der Waals surface area contributed by atoms with Gasteiger partial charge in [-0.15, -0.1) is 0 Å². The van der Waals surface area contributed by atoms with Gasteiger partial charge in [-0.3, -0.25) is 4.79 Å². The number of likely N-dealkylation sites (tertiary alicyclic amines) is 1. The smallest absolute Gasteiger partial charge is 0.483 e. The first-order valence-electron chi connectivity index (χ1n) is 13.9. The lowest BCUT2D eigenvalue weighted by molar-refractivity contribution is -0.122. The molecular weight excluding hydrogens is 499 g/mol. The van der Waals surface area contributed by atoms with Gasteiger partial charge in [0.25, 0.3) is 5.91 Å². The lowest BCUT2D eigenvalue weighted by Gasteiger charge is -2.41. The number of carbonyl (C=O) groups is 2. The fraction of sp³-hybridized carbons (Fsp3) is 0.679. The van der Waals surface area contributed by atoms with Crippen molar-refractivity contribution in [2.24, 2.45) is 11.0 Å². The van der Waals surface area contributed by atoms with E-state index < -0.39 is 30.0 Å². The van der Waals surface area contributed by atoms with E-state index in [-0.39, 0.29) is 30.4 Å². The molecule has 1 N–H and O–H groups in total. The number of anilines is 1. The number of amides is 2. The number of hydrazone groups is 1. The Bertz CT molecular complexity index is 1190. The predicted molar refractivity (Wildman–Crippen MR) is 150 cm³/mol. The fourth-order valence-electron chi connectivity index (χ4n) is 5.70. The molecule has 1 aromatic carbocycles. The van der Waals surface area contributed by atoms with Crippen LogP contribution in [0.15, 0.2) is 17.2 Å². The number of hydrogen-bond acceptors (Lipinski definition) is 8. The van der Waals surface area contributed by atoms with E-state index in [0.717, 1.165) is 23.1 Å². The highest BCUT2D eigenvalue weighted by Gasteiger charge is 2.53. The van der Waals surface area contributed by atoms with E-state index >= 15 is 0 Å². The summed E-state index contributed by atoms with van der Waals surface area (Å²) in [7, 11) is -0.577. The zero-order valence-electron chi connectivity index (χ0n) is 24.6. The van der Waals surface area contributed by atoms with Gasteiger partial charge in [-0.05, 0) is 96.8 Å². The van der Waals surface area contributed by atoms with Crippen LogP contribution in [-0.2, 0) is 18.8 Å². The molecule has 10 nitrogen and oxygen atoms in total. The van der Waals surface area contributed by atoms with Crippen LogP contribution >= 0.6 is 0 Å². The molecule has 0 aromatic heterocycles. The maximum atomic E-state index is 12.8. The van der Waals surface area contributed by atoms with Crippen LogP contribution in [0.1, 0.15) is 80.2 Å². The van der Waals surface area contributed by atoms with Crippen molar-refractivity contribution in [3.63, 3.8) is 0 Å². The molecule has 11 heteroatoms. The number of benzene rings is 1. The SMILES string of the molecule is C[C@@H]1C(=O)NN=C2COc3cc(B4OC(C)(C)C(C)(C)O4)c([C@@H]4CCN(C(=O)OC(C)(C)C)C[C@@H]4C)cc3N21. The average Bonchev–Trinajstić information content (AvgIpc) is 3.05. The van der Waals surface area contributed by atoms with Crippen molar-refractivity contribution in [1.29, 1.82) is 0 Å². The van der Waals surface area contributed by atoms with Crippen LogP contribution in [0.25, 0.3) is 0 Å². The molecule has 4 heterocycles. The number of piperidine rings is 1. The van der Waals surface area contributed by atoms with Gasteiger partial charge in [0, 0.05) is 13.1 Å². The van der Waals surface area contributed by atoms with Gasteiger partial charge in [-0.25, -0.2) is 10.2 Å². The van der Waals surface area contributed by atoms with E-state index in [4.69, 9.17) is 18.8 Å². The van der Waals surface area contributed by atoms with Crippen LogP contribution in [0.4, 0.5) is 10.5 Å². The molecule has 39 heavy (non-hydrogen) atoms. The minimum atomic E-state index is -0.577. The Balaban J connectivity index is 1.54. The molecule has 212 valence electrons. The first kappa shape index (κ1) is 27.8. The van der Waals surface area contributed by atoms with Crippen molar-refractivity contribution in [3.05, 3.63) is 17.7 Å². The summed E-state index contributed by atoms with van der Waals surface area (Å²) in [5.74, 6) is 1.44. The van der Waals surface area contributed by atoms with E-state index in [9.17, 15) is 9.59 Å². The van der Waals surface area contributed by atoms with Crippen LogP contribution in [0, 0.1) is 5.92 Å². The van der Waals surface area contributed by atoms with Crippen LogP contribution in [-0.4, -0.2) is 72.4 Å². The maximum absolute atomic E-state index is 12.8. The second-order valence-corrected chi connectivity index (χ2v) is 13.2. The summed E-state index contributed by atoms with van der Waals surface area (Å²) in [5.41, 5.74) is 3.84. The second-order valence-electron chi connectivity index (χ2n) is 13.2. The average molecular weight is 540 g/mol. The van der Waals surface area contributed by atoms with E-state index in [1.54, 1.807) is 4.90 Å². The lowest BCUT2D eigenvalue weighted by Crippen LogP contribution is -2.55. The monoisotopic (exact) mass is 540 g/mol. The topological polar surface area (TPSA) is 102 Å².